The maximum absolute atomic E-state index is 14.9. The molecule has 2 aromatic carbocycles. The molecular formula is C30H36ClF2N5O. The number of piperidine rings is 1. The first-order valence-electron chi connectivity index (χ1n) is 13.6. The lowest BCUT2D eigenvalue weighted by Gasteiger charge is -2.35. The van der Waals surface area contributed by atoms with E-state index in [0.717, 1.165) is 36.0 Å². The molecule has 0 N–H and O–H groups in total. The number of aromatic nitrogens is 3. The lowest BCUT2D eigenvalue weighted by atomic mass is 9.86. The Morgan fingerprint density at radius 3 is 2.38 bits per heavy atom. The molecule has 1 amide bonds. The maximum Gasteiger partial charge on any atom is 0.227 e. The van der Waals surface area contributed by atoms with Crippen LogP contribution < -0.4 is 0 Å². The van der Waals surface area contributed by atoms with E-state index < -0.39 is 11.6 Å². The number of carbonyl (C=O) groups excluding carboxylic acids is 1. The van der Waals surface area contributed by atoms with Gasteiger partial charge in [0.15, 0.2) is 0 Å². The Kier molecular flexibility index (Phi) is 7.55. The van der Waals surface area contributed by atoms with E-state index in [4.69, 9.17) is 16.6 Å². The Morgan fingerprint density at radius 2 is 1.74 bits per heavy atom. The Hall–Kier alpha value is -2.84. The summed E-state index contributed by atoms with van der Waals surface area (Å²) in [5.74, 6) is -0.104. The predicted molar refractivity (Wildman–Crippen MR) is 148 cm³/mol. The zero-order valence-corrected chi connectivity index (χ0v) is 24.0. The zero-order valence-electron chi connectivity index (χ0n) is 23.2. The molecule has 0 unspecified atom stereocenters. The van der Waals surface area contributed by atoms with Crippen molar-refractivity contribution in [3.63, 3.8) is 0 Å². The Morgan fingerprint density at radius 1 is 1.03 bits per heavy atom. The van der Waals surface area contributed by atoms with E-state index in [-0.39, 0.29) is 29.2 Å². The number of likely N-dealkylation sites (tertiary alicyclic amines) is 2. The fourth-order valence-electron chi connectivity index (χ4n) is 5.96. The first kappa shape index (κ1) is 27.7. The van der Waals surface area contributed by atoms with Gasteiger partial charge in [-0.15, -0.1) is 0 Å². The number of hydrogen-bond acceptors (Lipinski definition) is 4. The van der Waals surface area contributed by atoms with Crippen LogP contribution in [0.3, 0.4) is 0 Å². The third kappa shape index (κ3) is 5.59. The number of benzene rings is 2. The lowest BCUT2D eigenvalue weighted by Crippen LogP contribution is -2.44. The van der Waals surface area contributed by atoms with Crippen LogP contribution in [0.4, 0.5) is 8.78 Å². The number of nitrogens with zero attached hydrogens (tertiary/aromatic N) is 5. The van der Waals surface area contributed by atoms with Crippen LogP contribution in [0.15, 0.2) is 36.4 Å². The highest BCUT2D eigenvalue weighted by Crippen LogP contribution is 2.39. The molecule has 0 aliphatic carbocycles. The maximum atomic E-state index is 14.9. The summed E-state index contributed by atoms with van der Waals surface area (Å²) in [6.07, 6.45) is 1.53. The summed E-state index contributed by atoms with van der Waals surface area (Å²) in [5.41, 5.74) is 2.14. The highest BCUT2D eigenvalue weighted by atomic mass is 35.5. The number of carbonyl (C=O) groups is 1. The second-order valence-corrected chi connectivity index (χ2v) is 12.3. The Labute approximate surface area is 234 Å². The van der Waals surface area contributed by atoms with Crippen molar-refractivity contribution in [2.75, 3.05) is 26.2 Å². The Balaban J connectivity index is 1.34. The van der Waals surface area contributed by atoms with Gasteiger partial charge in [-0.1, -0.05) is 17.7 Å². The highest BCUT2D eigenvalue weighted by molar-refractivity contribution is 6.31. The van der Waals surface area contributed by atoms with Crippen LogP contribution in [0.5, 0.6) is 0 Å². The smallest absolute Gasteiger partial charge is 0.227 e. The molecule has 3 aromatic rings. The van der Waals surface area contributed by atoms with Crippen LogP contribution in [-0.4, -0.2) is 62.2 Å². The third-order valence-electron chi connectivity index (χ3n) is 8.24. The molecule has 3 heterocycles. The molecule has 5 rings (SSSR count). The minimum atomic E-state index is -0.608. The van der Waals surface area contributed by atoms with Crippen molar-refractivity contribution < 1.29 is 13.6 Å². The largest absolute Gasteiger partial charge is 0.342 e. The van der Waals surface area contributed by atoms with E-state index in [2.05, 4.69) is 30.8 Å². The molecule has 0 saturated carbocycles. The molecule has 2 saturated heterocycles. The van der Waals surface area contributed by atoms with Crippen molar-refractivity contribution in [1.29, 1.82) is 0 Å². The van der Waals surface area contributed by atoms with Crippen molar-refractivity contribution in [1.82, 2.24) is 24.6 Å². The van der Waals surface area contributed by atoms with Gasteiger partial charge < -0.3 is 4.90 Å². The Bertz CT molecular complexity index is 1380. The summed E-state index contributed by atoms with van der Waals surface area (Å²) in [6.45, 7) is 12.5. The van der Waals surface area contributed by atoms with Crippen LogP contribution in [0.2, 0.25) is 5.02 Å². The van der Waals surface area contributed by atoms with E-state index >= 15 is 0 Å². The van der Waals surface area contributed by atoms with Crippen molar-refractivity contribution in [3.8, 4) is 5.69 Å². The van der Waals surface area contributed by atoms with Gasteiger partial charge in [0.2, 0.25) is 5.91 Å². The van der Waals surface area contributed by atoms with Crippen molar-refractivity contribution in [2.24, 2.45) is 5.92 Å². The van der Waals surface area contributed by atoms with Gasteiger partial charge in [0.05, 0.1) is 11.6 Å². The molecule has 2 atom stereocenters. The fourth-order valence-corrected chi connectivity index (χ4v) is 6.08. The molecule has 2 fully saturated rings. The van der Waals surface area contributed by atoms with E-state index in [0.29, 0.717) is 42.6 Å². The molecule has 1 aromatic heterocycles. The summed E-state index contributed by atoms with van der Waals surface area (Å²) in [4.78, 5) is 22.8. The van der Waals surface area contributed by atoms with Crippen LogP contribution in [0, 0.1) is 31.4 Å². The number of amides is 1. The summed E-state index contributed by atoms with van der Waals surface area (Å²) in [6, 6.07) is 9.53. The molecule has 39 heavy (non-hydrogen) atoms. The molecule has 2 aliphatic rings. The lowest BCUT2D eigenvalue weighted by molar-refractivity contribution is -0.136. The van der Waals surface area contributed by atoms with E-state index in [9.17, 15) is 13.6 Å². The van der Waals surface area contributed by atoms with Gasteiger partial charge in [0.1, 0.15) is 23.3 Å². The average Bonchev–Trinajstić information content (AvgIpc) is 3.50. The van der Waals surface area contributed by atoms with Gasteiger partial charge in [0.25, 0.3) is 0 Å². The second-order valence-electron chi connectivity index (χ2n) is 11.9. The number of halogens is 3. The monoisotopic (exact) mass is 555 g/mol. The minimum absolute atomic E-state index is 0.0416. The normalized spacial score (nSPS) is 21.1. The fraction of sp³-hybridized carbons (Fsp3) is 0.500. The highest BCUT2D eigenvalue weighted by Gasteiger charge is 2.45. The van der Waals surface area contributed by atoms with Crippen molar-refractivity contribution in [2.45, 2.75) is 64.8 Å². The van der Waals surface area contributed by atoms with Crippen molar-refractivity contribution >= 4 is 17.5 Å². The SMILES string of the molecule is Cc1nc(C2CCN(C(=O)[C@H]3CN(C(C)(C)C)C[C@@H]3c3ccc(F)cc3F)CC2)n(-c2ccc(Cl)c(C)c2)n1. The van der Waals surface area contributed by atoms with Gasteiger partial charge in [-0.2, -0.15) is 5.10 Å². The minimum Gasteiger partial charge on any atom is -0.342 e. The second kappa shape index (κ2) is 10.6. The molecule has 6 nitrogen and oxygen atoms in total. The van der Waals surface area contributed by atoms with Gasteiger partial charge >= 0.3 is 0 Å². The van der Waals surface area contributed by atoms with Gasteiger partial charge in [-0.25, -0.2) is 18.4 Å². The summed E-state index contributed by atoms with van der Waals surface area (Å²) >= 11 is 6.24. The quantitative estimate of drug-likeness (QED) is 0.394. The van der Waals surface area contributed by atoms with Gasteiger partial charge in [0, 0.05) is 54.6 Å². The molecule has 2 aliphatic heterocycles. The van der Waals surface area contributed by atoms with Gasteiger partial charge in [-0.05, 0) is 82.9 Å². The molecule has 0 radical (unpaired) electrons. The molecule has 208 valence electrons. The topological polar surface area (TPSA) is 54.3 Å². The summed E-state index contributed by atoms with van der Waals surface area (Å²) < 4.78 is 30.4. The van der Waals surface area contributed by atoms with Gasteiger partial charge in [-0.3, -0.25) is 9.69 Å². The molecular weight excluding hydrogens is 520 g/mol. The zero-order chi connectivity index (χ0) is 28.1. The van der Waals surface area contributed by atoms with Crippen LogP contribution in [0.25, 0.3) is 5.69 Å². The number of rotatable bonds is 4. The average molecular weight is 556 g/mol. The number of aryl methyl sites for hydroxylation is 2. The summed E-state index contributed by atoms with van der Waals surface area (Å²) in [7, 11) is 0. The van der Waals surface area contributed by atoms with Crippen LogP contribution >= 0.6 is 11.6 Å². The predicted octanol–water partition coefficient (Wildman–Crippen LogP) is 6.04. The molecule has 0 spiro atoms. The van der Waals surface area contributed by atoms with Crippen LogP contribution in [0.1, 0.15) is 68.2 Å². The number of hydrogen-bond donors (Lipinski definition) is 0. The van der Waals surface area contributed by atoms with Crippen molar-refractivity contribution in [3.05, 3.63) is 75.8 Å². The van der Waals surface area contributed by atoms with E-state index in [1.807, 2.05) is 41.6 Å². The van der Waals surface area contributed by atoms with E-state index in [1.165, 1.54) is 12.1 Å². The molecule has 0 bridgehead atoms. The van der Waals surface area contributed by atoms with E-state index in [1.54, 1.807) is 0 Å². The first-order valence-corrected chi connectivity index (χ1v) is 14.0. The summed E-state index contributed by atoms with van der Waals surface area (Å²) in [5, 5.41) is 5.36. The third-order valence-corrected chi connectivity index (χ3v) is 8.67. The molecule has 9 heteroatoms. The first-order chi connectivity index (χ1) is 18.4. The van der Waals surface area contributed by atoms with Crippen LogP contribution in [-0.2, 0) is 4.79 Å². The standard InChI is InChI=1S/C30H36ClF2N5O/c1-18-14-22(7-9-26(18)31)38-28(34-19(2)35-38)20-10-12-36(13-11-20)29(39)25-17-37(30(3,4)5)16-24(25)23-8-6-21(32)15-27(23)33/h6-9,14-15,20,24-25H,10-13,16-17H2,1-5H3/t24-,25+/m1/s1.